The van der Waals surface area contributed by atoms with Gasteiger partial charge in [-0.2, -0.15) is 0 Å². The van der Waals surface area contributed by atoms with Crippen molar-refractivity contribution >= 4 is 35.8 Å². The lowest BCUT2D eigenvalue weighted by atomic mass is 9.95. The van der Waals surface area contributed by atoms with Crippen molar-refractivity contribution in [1.82, 2.24) is 24.8 Å². The third-order valence-corrected chi connectivity index (χ3v) is 6.86. The van der Waals surface area contributed by atoms with Gasteiger partial charge < -0.3 is 19.5 Å². The number of ether oxygens (including phenoxy) is 1. The number of aromatic amines is 1. The number of rotatable bonds is 5. The van der Waals surface area contributed by atoms with E-state index in [4.69, 9.17) is 17.6 Å². The number of nitrogens with zero attached hydrogens (tertiary/aromatic N) is 6. The molecule has 0 unspecified atom stereocenters. The molecule has 4 aromatic rings. The van der Waals surface area contributed by atoms with Crippen LogP contribution in [-0.2, 0) is 11.3 Å². The Morgan fingerprint density at radius 3 is 2.46 bits per heavy atom. The second-order valence-corrected chi connectivity index (χ2v) is 9.12. The van der Waals surface area contributed by atoms with Gasteiger partial charge in [0.25, 0.3) is 0 Å². The predicted octanol–water partition coefficient (Wildman–Crippen LogP) is 1.97. The minimum absolute atomic E-state index is 0.677. The molecule has 0 bridgehead atoms. The Hall–Kier alpha value is -3.43. The monoisotopic (exact) mass is 465 g/mol. The van der Waals surface area contributed by atoms with E-state index in [1.54, 1.807) is 6.20 Å². The van der Waals surface area contributed by atoms with Crippen molar-refractivity contribution in [2.75, 3.05) is 62.3 Å². The maximum Gasteiger partial charge on any atom is 0.180 e. The molecule has 176 valence electrons. The van der Waals surface area contributed by atoms with Gasteiger partial charge in [-0.1, -0.05) is 11.5 Å². The molecular weight excluding hydrogens is 437 g/mol. The van der Waals surface area contributed by atoms with Gasteiger partial charge in [0.05, 0.1) is 18.9 Å². The highest BCUT2D eigenvalue weighted by atomic mass is 16.5. The summed E-state index contributed by atoms with van der Waals surface area (Å²) in [6.45, 7) is 8.02. The van der Waals surface area contributed by atoms with Crippen molar-refractivity contribution in [3.05, 3.63) is 60.6 Å². The predicted molar refractivity (Wildman–Crippen MR) is 139 cm³/mol. The molecule has 3 aromatic heterocycles. The Bertz CT molecular complexity index is 1280. The summed E-state index contributed by atoms with van der Waals surface area (Å²) in [5.74, 6) is 0.808. The molecule has 1 N–H and O–H groups in total. The van der Waals surface area contributed by atoms with Gasteiger partial charge >= 0.3 is 0 Å². The Balaban J connectivity index is 1.21. The van der Waals surface area contributed by atoms with Crippen LogP contribution in [0.25, 0.3) is 22.6 Å². The number of hydrogen-bond acceptors (Lipinski definition) is 7. The zero-order valence-corrected chi connectivity index (χ0v) is 19.7. The lowest BCUT2D eigenvalue weighted by Crippen LogP contribution is -2.47. The largest absolute Gasteiger partial charge is 0.378 e. The summed E-state index contributed by atoms with van der Waals surface area (Å²) < 4.78 is 5.47. The summed E-state index contributed by atoms with van der Waals surface area (Å²) in [5, 5.41) is 0. The van der Waals surface area contributed by atoms with E-state index in [1.807, 2.05) is 18.5 Å². The van der Waals surface area contributed by atoms with E-state index in [0.717, 1.165) is 81.6 Å². The van der Waals surface area contributed by atoms with Crippen LogP contribution < -0.4 is 15.3 Å². The number of anilines is 2. The Morgan fingerprint density at radius 1 is 0.914 bits per heavy atom. The number of nitrogens with one attached hydrogen (secondary N) is 1. The molecule has 0 saturated carbocycles. The highest BCUT2D eigenvalue weighted by Crippen LogP contribution is 2.28. The number of benzene rings is 1. The van der Waals surface area contributed by atoms with Gasteiger partial charge in [0.1, 0.15) is 19.2 Å². The molecule has 6 rings (SSSR count). The van der Waals surface area contributed by atoms with Crippen LogP contribution in [-0.4, -0.2) is 85.2 Å². The average molecular weight is 465 g/mol. The van der Waals surface area contributed by atoms with Crippen molar-refractivity contribution in [2.24, 2.45) is 0 Å². The van der Waals surface area contributed by atoms with E-state index in [9.17, 15) is 0 Å². The van der Waals surface area contributed by atoms with Crippen molar-refractivity contribution in [3.63, 3.8) is 0 Å². The molecule has 0 spiro atoms. The van der Waals surface area contributed by atoms with Gasteiger partial charge in [-0.05, 0) is 35.9 Å². The van der Waals surface area contributed by atoms with E-state index >= 15 is 0 Å². The summed E-state index contributed by atoms with van der Waals surface area (Å²) in [5.41, 5.74) is 6.75. The topological polar surface area (TPSA) is 73.4 Å². The third-order valence-electron chi connectivity index (χ3n) is 6.86. The average Bonchev–Trinajstić information content (AvgIpc) is 3.35. The number of morpholine rings is 1. The molecule has 0 atom stereocenters. The van der Waals surface area contributed by atoms with E-state index in [0.29, 0.717) is 11.1 Å². The van der Waals surface area contributed by atoms with Crippen molar-refractivity contribution in [1.29, 1.82) is 0 Å². The molecule has 2 saturated heterocycles. The highest BCUT2D eigenvalue weighted by molar-refractivity contribution is 6.37. The fraction of sp³-hybridized carbons (Fsp3) is 0.346. The molecule has 2 radical (unpaired) electrons. The van der Waals surface area contributed by atoms with Crippen LogP contribution in [0.1, 0.15) is 5.56 Å². The van der Waals surface area contributed by atoms with E-state index in [1.165, 1.54) is 11.3 Å². The van der Waals surface area contributed by atoms with Gasteiger partial charge in [-0.15, -0.1) is 0 Å². The van der Waals surface area contributed by atoms with Crippen molar-refractivity contribution < 1.29 is 4.74 Å². The summed E-state index contributed by atoms with van der Waals surface area (Å²) in [6.07, 6.45) is 5.48. The third kappa shape index (κ3) is 4.61. The molecule has 2 aliphatic heterocycles. The SMILES string of the molecule is [B]c1cnc2nc(-c3ccc(N4CCOCC4)cc3)[nH]c2c1N1CCN(Cc2cccnc2)CC1. The van der Waals surface area contributed by atoms with Crippen LogP contribution in [0.3, 0.4) is 0 Å². The summed E-state index contributed by atoms with van der Waals surface area (Å²) >= 11 is 0. The van der Waals surface area contributed by atoms with Crippen LogP contribution in [0.2, 0.25) is 0 Å². The first-order valence-corrected chi connectivity index (χ1v) is 12.2. The van der Waals surface area contributed by atoms with Gasteiger partial charge in [0.15, 0.2) is 5.65 Å². The molecule has 0 amide bonds. The lowest BCUT2D eigenvalue weighted by molar-refractivity contribution is 0.122. The van der Waals surface area contributed by atoms with E-state index < -0.39 is 0 Å². The zero-order valence-electron chi connectivity index (χ0n) is 19.7. The van der Waals surface area contributed by atoms with Gasteiger partial charge in [0.2, 0.25) is 0 Å². The van der Waals surface area contributed by atoms with E-state index in [2.05, 4.69) is 60.0 Å². The molecule has 2 aliphatic rings. The quantitative estimate of drug-likeness (QED) is 0.452. The van der Waals surface area contributed by atoms with Gasteiger partial charge in [-0.25, -0.2) is 9.97 Å². The number of imidazole rings is 1. The van der Waals surface area contributed by atoms with E-state index in [-0.39, 0.29) is 0 Å². The van der Waals surface area contributed by atoms with Crippen LogP contribution in [0.15, 0.2) is 55.0 Å². The molecule has 1 aromatic carbocycles. The van der Waals surface area contributed by atoms with Crippen molar-refractivity contribution in [3.8, 4) is 11.4 Å². The van der Waals surface area contributed by atoms with Crippen LogP contribution in [0.5, 0.6) is 0 Å². The molecular formula is C26H28BN7O. The van der Waals surface area contributed by atoms with Crippen LogP contribution in [0, 0.1) is 0 Å². The lowest BCUT2D eigenvalue weighted by Gasteiger charge is -2.37. The number of hydrogen-bond donors (Lipinski definition) is 1. The minimum Gasteiger partial charge on any atom is -0.378 e. The first-order chi connectivity index (χ1) is 17.2. The number of H-pyrrole nitrogens is 1. The molecule has 8 nitrogen and oxygen atoms in total. The number of aromatic nitrogens is 4. The standard InChI is InChI=1S/C26H28BN7O/c27-22-17-29-26-23(24(22)34-10-8-32(9-11-34)18-19-2-1-7-28-16-19)30-25(31-26)20-3-5-21(6-4-20)33-12-14-35-15-13-33/h1-7,16-17H,8-15,18H2,(H,29,30,31). The molecule has 2 fully saturated rings. The molecule has 9 heteroatoms. The summed E-state index contributed by atoms with van der Waals surface area (Å²) in [6, 6.07) is 12.6. The normalized spacial score (nSPS) is 17.3. The molecule has 0 aliphatic carbocycles. The van der Waals surface area contributed by atoms with Gasteiger partial charge in [-0.3, -0.25) is 9.88 Å². The van der Waals surface area contributed by atoms with Gasteiger partial charge in [0, 0.05) is 75.7 Å². The number of piperazine rings is 1. The Kier molecular flexibility index (Phi) is 6.10. The van der Waals surface area contributed by atoms with Crippen LogP contribution in [0.4, 0.5) is 11.4 Å². The summed E-state index contributed by atoms with van der Waals surface area (Å²) in [7, 11) is 6.44. The summed E-state index contributed by atoms with van der Waals surface area (Å²) in [4.78, 5) is 24.2. The highest BCUT2D eigenvalue weighted by Gasteiger charge is 2.22. The fourth-order valence-electron chi connectivity index (χ4n) is 4.97. The molecule has 35 heavy (non-hydrogen) atoms. The maximum atomic E-state index is 6.44. The second kappa shape index (κ2) is 9.68. The Labute approximate surface area is 206 Å². The maximum absolute atomic E-state index is 6.44. The van der Waals surface area contributed by atoms with Crippen LogP contribution >= 0.6 is 0 Å². The second-order valence-electron chi connectivity index (χ2n) is 9.12. The molecule has 5 heterocycles. The zero-order chi connectivity index (χ0) is 23.6. The fourth-order valence-corrected chi connectivity index (χ4v) is 4.97. The number of pyridine rings is 2. The first-order valence-electron chi connectivity index (χ1n) is 12.2. The smallest absolute Gasteiger partial charge is 0.180 e. The minimum atomic E-state index is 0.677. The van der Waals surface area contributed by atoms with Crippen molar-refractivity contribution in [2.45, 2.75) is 6.54 Å². The first kappa shape index (κ1) is 22.1. The Morgan fingerprint density at radius 2 is 1.71 bits per heavy atom. The number of fused-ring (bicyclic) bond motifs is 1.